The van der Waals surface area contributed by atoms with Crippen molar-refractivity contribution in [3.63, 3.8) is 0 Å². The van der Waals surface area contributed by atoms with Crippen molar-refractivity contribution in [1.29, 1.82) is 0 Å². The number of hydrogen-bond acceptors (Lipinski definition) is 6. The summed E-state index contributed by atoms with van der Waals surface area (Å²) < 4.78 is 16.1. The third kappa shape index (κ3) is 3.82. The minimum atomic E-state index is -0.428. The van der Waals surface area contributed by atoms with Gasteiger partial charge < -0.3 is 23.9 Å². The number of nitrogens with zero attached hydrogens (tertiary/aromatic N) is 1. The van der Waals surface area contributed by atoms with Crippen LogP contribution in [-0.2, 0) is 0 Å². The van der Waals surface area contributed by atoms with Crippen LogP contribution in [0, 0.1) is 0 Å². The van der Waals surface area contributed by atoms with Crippen LogP contribution in [0.25, 0.3) is 22.6 Å². The minimum Gasteiger partial charge on any atom is -0.459 e. The lowest BCUT2D eigenvalue weighted by Gasteiger charge is -2.10. The van der Waals surface area contributed by atoms with Gasteiger partial charge in [-0.25, -0.2) is 4.98 Å². The van der Waals surface area contributed by atoms with Crippen molar-refractivity contribution in [2.24, 2.45) is 0 Å². The van der Waals surface area contributed by atoms with Gasteiger partial charge in [-0.15, -0.1) is 0 Å². The summed E-state index contributed by atoms with van der Waals surface area (Å²) >= 11 is 0. The number of benzene rings is 2. The molecule has 0 unspecified atom stereocenters. The molecule has 0 saturated carbocycles. The number of carbonyl (C=O) groups excluding carboxylic acids is 2. The third-order valence-corrected chi connectivity index (χ3v) is 4.48. The molecule has 0 atom stereocenters. The molecule has 0 saturated heterocycles. The zero-order valence-electron chi connectivity index (χ0n) is 16.0. The molecule has 2 aromatic carbocycles. The normalized spacial score (nSPS) is 10.8. The van der Waals surface area contributed by atoms with Crippen LogP contribution in [0.3, 0.4) is 0 Å². The number of anilines is 2. The first-order valence-corrected chi connectivity index (χ1v) is 9.36. The van der Waals surface area contributed by atoms with Crippen molar-refractivity contribution in [3.05, 3.63) is 90.8 Å². The van der Waals surface area contributed by atoms with E-state index in [1.807, 2.05) is 24.3 Å². The maximum atomic E-state index is 12.4. The molecule has 2 amide bonds. The fraction of sp³-hybridized carbons (Fsp3) is 0. The molecule has 3 heterocycles. The van der Waals surface area contributed by atoms with Gasteiger partial charge in [-0.05, 0) is 54.6 Å². The quantitative estimate of drug-likeness (QED) is 0.410. The molecule has 31 heavy (non-hydrogen) atoms. The fourth-order valence-corrected chi connectivity index (χ4v) is 3.09. The molecule has 152 valence electrons. The van der Waals surface area contributed by atoms with Gasteiger partial charge in [0.05, 0.1) is 12.5 Å². The summed E-state index contributed by atoms with van der Waals surface area (Å²) in [6, 6.07) is 18.8. The second-order valence-electron chi connectivity index (χ2n) is 6.65. The predicted molar refractivity (Wildman–Crippen MR) is 113 cm³/mol. The van der Waals surface area contributed by atoms with Crippen LogP contribution in [0.4, 0.5) is 11.4 Å². The van der Waals surface area contributed by atoms with Crippen molar-refractivity contribution in [2.75, 3.05) is 10.6 Å². The van der Waals surface area contributed by atoms with Crippen molar-refractivity contribution in [3.8, 4) is 11.5 Å². The first-order valence-electron chi connectivity index (χ1n) is 9.36. The van der Waals surface area contributed by atoms with Gasteiger partial charge in [0.2, 0.25) is 5.89 Å². The molecule has 0 fully saturated rings. The Kier molecular flexibility index (Phi) is 4.57. The van der Waals surface area contributed by atoms with Crippen LogP contribution in [0.15, 0.2) is 92.5 Å². The Morgan fingerprint density at radius 3 is 1.90 bits per heavy atom. The van der Waals surface area contributed by atoms with E-state index in [-0.39, 0.29) is 11.5 Å². The van der Waals surface area contributed by atoms with Crippen LogP contribution >= 0.6 is 0 Å². The lowest BCUT2D eigenvalue weighted by molar-refractivity contribution is 0.0990. The van der Waals surface area contributed by atoms with E-state index >= 15 is 0 Å². The van der Waals surface area contributed by atoms with Crippen molar-refractivity contribution >= 4 is 34.3 Å². The standard InChI is InChI=1S/C23H15N3O5/c27-21(19-7-3-9-29-19)24-15-11-14(23-26-17-5-1-2-6-18(17)31-23)12-16(13-15)25-22(28)20-8-4-10-30-20/h1-13H,(H,24,27)(H,25,28). The van der Waals surface area contributed by atoms with E-state index in [0.717, 1.165) is 0 Å². The monoisotopic (exact) mass is 413 g/mol. The number of oxazole rings is 1. The Bertz CT molecular complexity index is 1270. The molecular weight excluding hydrogens is 398 g/mol. The van der Waals surface area contributed by atoms with Gasteiger partial charge in [0, 0.05) is 16.9 Å². The number of carbonyl (C=O) groups is 2. The van der Waals surface area contributed by atoms with E-state index in [4.69, 9.17) is 13.3 Å². The molecule has 8 nitrogen and oxygen atoms in total. The molecule has 8 heteroatoms. The first-order chi connectivity index (χ1) is 15.2. The summed E-state index contributed by atoms with van der Waals surface area (Å²) in [6.45, 7) is 0. The van der Waals surface area contributed by atoms with Crippen LogP contribution in [0.1, 0.15) is 21.1 Å². The Hall–Kier alpha value is -4.59. The molecule has 0 aliphatic rings. The van der Waals surface area contributed by atoms with Gasteiger partial charge in [0.25, 0.3) is 11.8 Å². The topological polar surface area (TPSA) is 111 Å². The number of para-hydroxylation sites is 2. The lowest BCUT2D eigenvalue weighted by atomic mass is 10.1. The zero-order chi connectivity index (χ0) is 21.2. The number of nitrogens with one attached hydrogen (secondary N) is 2. The van der Waals surface area contributed by atoms with E-state index in [0.29, 0.717) is 33.9 Å². The van der Waals surface area contributed by atoms with Crippen LogP contribution in [0.5, 0.6) is 0 Å². The number of fused-ring (bicyclic) bond motifs is 1. The van der Waals surface area contributed by atoms with Crippen LogP contribution in [-0.4, -0.2) is 16.8 Å². The molecule has 0 spiro atoms. The maximum absolute atomic E-state index is 12.4. The summed E-state index contributed by atoms with van der Waals surface area (Å²) in [5, 5.41) is 5.52. The van der Waals surface area contributed by atoms with E-state index in [1.165, 1.54) is 12.5 Å². The van der Waals surface area contributed by atoms with Crippen molar-refractivity contribution < 1.29 is 22.8 Å². The minimum absolute atomic E-state index is 0.161. The van der Waals surface area contributed by atoms with Gasteiger partial charge in [-0.3, -0.25) is 9.59 Å². The molecule has 0 bridgehead atoms. The Balaban J connectivity index is 1.52. The second kappa shape index (κ2) is 7.68. The molecule has 5 rings (SSSR count). The summed E-state index contributed by atoms with van der Waals surface area (Å²) in [5.74, 6) is -0.184. The summed E-state index contributed by atoms with van der Waals surface area (Å²) in [5.41, 5.74) is 2.75. The number of rotatable bonds is 5. The zero-order valence-corrected chi connectivity index (χ0v) is 16.0. The van der Waals surface area contributed by atoms with E-state index < -0.39 is 11.8 Å². The van der Waals surface area contributed by atoms with Crippen molar-refractivity contribution in [1.82, 2.24) is 4.98 Å². The van der Waals surface area contributed by atoms with Gasteiger partial charge in [0.1, 0.15) is 5.52 Å². The largest absolute Gasteiger partial charge is 0.459 e. The average molecular weight is 413 g/mol. The molecule has 5 aromatic rings. The number of furan rings is 2. The van der Waals surface area contributed by atoms with Gasteiger partial charge in [-0.1, -0.05) is 12.1 Å². The molecular formula is C23H15N3O5. The number of hydrogen-bond donors (Lipinski definition) is 2. The average Bonchev–Trinajstić information content (AvgIpc) is 3.55. The van der Waals surface area contributed by atoms with Crippen LogP contribution < -0.4 is 10.6 Å². The van der Waals surface area contributed by atoms with E-state index in [2.05, 4.69) is 15.6 Å². The van der Waals surface area contributed by atoms with E-state index in [1.54, 1.807) is 42.5 Å². The summed E-state index contributed by atoms with van der Waals surface area (Å²) in [4.78, 5) is 29.4. The smallest absolute Gasteiger partial charge is 0.291 e. The van der Waals surface area contributed by atoms with Gasteiger partial charge in [0.15, 0.2) is 17.1 Å². The van der Waals surface area contributed by atoms with Gasteiger partial charge in [-0.2, -0.15) is 0 Å². The SMILES string of the molecule is O=C(Nc1cc(NC(=O)c2ccco2)cc(-c2nc3ccccc3o2)c1)c1ccco1. The van der Waals surface area contributed by atoms with E-state index in [9.17, 15) is 9.59 Å². The Labute approximate surface area is 175 Å². The lowest BCUT2D eigenvalue weighted by Crippen LogP contribution is -2.13. The second-order valence-corrected chi connectivity index (χ2v) is 6.65. The predicted octanol–water partition coefficient (Wildman–Crippen LogP) is 5.19. The first kappa shape index (κ1) is 18.4. The number of aromatic nitrogens is 1. The molecule has 0 aliphatic carbocycles. The molecule has 0 radical (unpaired) electrons. The van der Waals surface area contributed by atoms with Crippen LogP contribution in [0.2, 0.25) is 0 Å². The fourth-order valence-electron chi connectivity index (χ4n) is 3.09. The maximum Gasteiger partial charge on any atom is 0.291 e. The Morgan fingerprint density at radius 2 is 1.35 bits per heavy atom. The summed E-state index contributed by atoms with van der Waals surface area (Å²) in [7, 11) is 0. The van der Waals surface area contributed by atoms with Gasteiger partial charge >= 0.3 is 0 Å². The molecule has 3 aromatic heterocycles. The number of amides is 2. The Morgan fingerprint density at radius 1 is 0.742 bits per heavy atom. The highest BCUT2D eigenvalue weighted by molar-refractivity contribution is 6.05. The highest BCUT2D eigenvalue weighted by atomic mass is 16.4. The highest BCUT2D eigenvalue weighted by Gasteiger charge is 2.16. The third-order valence-electron chi connectivity index (χ3n) is 4.48. The summed E-state index contributed by atoms with van der Waals surface area (Å²) in [6.07, 6.45) is 2.83. The molecule has 2 N–H and O–H groups in total. The highest BCUT2D eigenvalue weighted by Crippen LogP contribution is 2.30. The molecule has 0 aliphatic heterocycles. The van der Waals surface area contributed by atoms with Crippen molar-refractivity contribution in [2.45, 2.75) is 0 Å².